The molecule has 1 aliphatic carbocycles. The summed E-state index contributed by atoms with van der Waals surface area (Å²) in [6.45, 7) is 4.85. The summed E-state index contributed by atoms with van der Waals surface area (Å²) in [5, 5.41) is 6.41. The van der Waals surface area contributed by atoms with Crippen molar-refractivity contribution in [1.29, 1.82) is 0 Å². The number of carbonyl (C=O) groups excluding carboxylic acids is 1. The monoisotopic (exact) mass is 211 g/mol. The predicted molar refractivity (Wildman–Crippen MR) is 59.8 cm³/mol. The quantitative estimate of drug-likeness (QED) is 0.729. The molecule has 0 radical (unpaired) electrons. The van der Waals surface area contributed by atoms with Crippen molar-refractivity contribution in [2.75, 3.05) is 19.6 Å². The van der Waals surface area contributed by atoms with E-state index >= 15 is 0 Å². The van der Waals surface area contributed by atoms with Gasteiger partial charge in [-0.2, -0.15) is 0 Å². The number of amides is 2. The minimum atomic E-state index is 0.135. The maximum absolute atomic E-state index is 12.0. The molecule has 1 saturated carbocycles. The van der Waals surface area contributed by atoms with Crippen LogP contribution in [0.2, 0.25) is 0 Å². The molecule has 86 valence electrons. The van der Waals surface area contributed by atoms with E-state index < -0.39 is 0 Å². The number of carbonyl (C=O) groups is 1. The van der Waals surface area contributed by atoms with Gasteiger partial charge in [-0.15, -0.1) is 0 Å². The maximum atomic E-state index is 12.0. The molecule has 2 rings (SSSR count). The number of urea groups is 1. The van der Waals surface area contributed by atoms with Crippen molar-refractivity contribution in [3.05, 3.63) is 0 Å². The van der Waals surface area contributed by atoms with E-state index in [1.807, 2.05) is 4.90 Å². The molecule has 0 aromatic heterocycles. The minimum absolute atomic E-state index is 0.135. The smallest absolute Gasteiger partial charge is 0.317 e. The van der Waals surface area contributed by atoms with Gasteiger partial charge in [-0.25, -0.2) is 4.79 Å². The highest BCUT2D eigenvalue weighted by Gasteiger charge is 2.27. The fourth-order valence-electron chi connectivity index (χ4n) is 2.28. The molecular weight excluding hydrogens is 190 g/mol. The van der Waals surface area contributed by atoms with E-state index in [1.165, 1.54) is 6.42 Å². The highest BCUT2D eigenvalue weighted by Crippen LogP contribution is 2.19. The van der Waals surface area contributed by atoms with Crippen molar-refractivity contribution < 1.29 is 4.79 Å². The first-order valence-corrected chi connectivity index (χ1v) is 6.09. The summed E-state index contributed by atoms with van der Waals surface area (Å²) in [4.78, 5) is 13.9. The molecule has 2 amide bonds. The highest BCUT2D eigenvalue weighted by atomic mass is 16.2. The summed E-state index contributed by atoms with van der Waals surface area (Å²) in [6, 6.07) is 0.979. The number of nitrogens with zero attached hydrogens (tertiary/aromatic N) is 1. The van der Waals surface area contributed by atoms with E-state index in [0.29, 0.717) is 12.1 Å². The van der Waals surface area contributed by atoms with E-state index in [1.54, 1.807) is 0 Å². The van der Waals surface area contributed by atoms with Crippen molar-refractivity contribution in [2.24, 2.45) is 0 Å². The third-order valence-electron chi connectivity index (χ3n) is 3.51. The fourth-order valence-corrected chi connectivity index (χ4v) is 2.28. The molecule has 1 aliphatic heterocycles. The Morgan fingerprint density at radius 1 is 1.47 bits per heavy atom. The van der Waals surface area contributed by atoms with E-state index in [2.05, 4.69) is 17.6 Å². The molecule has 2 fully saturated rings. The lowest BCUT2D eigenvalue weighted by atomic mass is 9.93. The SMILES string of the molecule is CCN(C(=O)NC1CCC1)C1CCNC1. The molecule has 1 saturated heterocycles. The van der Waals surface area contributed by atoms with E-state index in [4.69, 9.17) is 0 Å². The normalized spacial score (nSPS) is 26.1. The third-order valence-corrected chi connectivity index (χ3v) is 3.51. The maximum Gasteiger partial charge on any atom is 0.317 e. The Labute approximate surface area is 91.4 Å². The average molecular weight is 211 g/mol. The topological polar surface area (TPSA) is 44.4 Å². The number of nitrogens with one attached hydrogen (secondary N) is 2. The Hall–Kier alpha value is -0.770. The molecule has 0 spiro atoms. The first kappa shape index (κ1) is 10.7. The molecule has 0 aromatic carbocycles. The predicted octanol–water partition coefficient (Wildman–Crippen LogP) is 0.932. The number of likely N-dealkylation sites (N-methyl/N-ethyl adjacent to an activating group) is 1. The molecule has 1 atom stereocenters. The van der Waals surface area contributed by atoms with Gasteiger partial charge in [0.25, 0.3) is 0 Å². The molecule has 4 nitrogen and oxygen atoms in total. The fraction of sp³-hybridized carbons (Fsp3) is 0.909. The van der Waals surface area contributed by atoms with Crippen molar-refractivity contribution in [3.63, 3.8) is 0 Å². The Morgan fingerprint density at radius 2 is 2.27 bits per heavy atom. The standard InChI is InChI=1S/C11H21N3O/c1-2-14(10-6-7-12-8-10)11(15)13-9-4-3-5-9/h9-10,12H,2-8H2,1H3,(H,13,15). The van der Waals surface area contributed by atoms with Gasteiger partial charge < -0.3 is 15.5 Å². The Kier molecular flexibility index (Phi) is 3.46. The van der Waals surface area contributed by atoms with Gasteiger partial charge in [0.05, 0.1) is 0 Å². The number of hydrogen-bond donors (Lipinski definition) is 2. The second-order valence-electron chi connectivity index (χ2n) is 4.51. The number of hydrogen-bond acceptors (Lipinski definition) is 2. The molecule has 0 aromatic rings. The second kappa shape index (κ2) is 4.84. The van der Waals surface area contributed by atoms with Gasteiger partial charge >= 0.3 is 6.03 Å². The van der Waals surface area contributed by atoms with Crippen molar-refractivity contribution in [3.8, 4) is 0 Å². The molecule has 4 heteroatoms. The lowest BCUT2D eigenvalue weighted by Crippen LogP contribution is -2.51. The van der Waals surface area contributed by atoms with Crippen LogP contribution in [0.25, 0.3) is 0 Å². The zero-order valence-corrected chi connectivity index (χ0v) is 9.46. The molecule has 15 heavy (non-hydrogen) atoms. The zero-order chi connectivity index (χ0) is 10.7. The van der Waals surface area contributed by atoms with Crippen molar-refractivity contribution in [1.82, 2.24) is 15.5 Å². The van der Waals surface area contributed by atoms with Gasteiger partial charge in [-0.05, 0) is 39.2 Å². The Balaban J connectivity index is 1.83. The van der Waals surface area contributed by atoms with Crippen LogP contribution in [0, 0.1) is 0 Å². The summed E-state index contributed by atoms with van der Waals surface area (Å²) in [7, 11) is 0. The zero-order valence-electron chi connectivity index (χ0n) is 9.46. The molecule has 2 N–H and O–H groups in total. The van der Waals surface area contributed by atoms with Crippen LogP contribution in [0.15, 0.2) is 0 Å². The van der Waals surface area contributed by atoms with E-state index in [9.17, 15) is 4.79 Å². The summed E-state index contributed by atoms with van der Waals surface area (Å²) < 4.78 is 0. The summed E-state index contributed by atoms with van der Waals surface area (Å²) in [5.41, 5.74) is 0. The first-order chi connectivity index (χ1) is 7.31. The highest BCUT2D eigenvalue weighted by molar-refractivity contribution is 5.75. The van der Waals surface area contributed by atoms with Crippen LogP contribution in [0.5, 0.6) is 0 Å². The van der Waals surface area contributed by atoms with Gasteiger partial charge in [0, 0.05) is 25.2 Å². The van der Waals surface area contributed by atoms with Crippen LogP contribution in [-0.4, -0.2) is 42.6 Å². The van der Waals surface area contributed by atoms with Gasteiger partial charge in [-0.3, -0.25) is 0 Å². The van der Waals surface area contributed by atoms with E-state index in [0.717, 1.165) is 38.9 Å². The van der Waals surface area contributed by atoms with E-state index in [-0.39, 0.29) is 6.03 Å². The second-order valence-corrected chi connectivity index (χ2v) is 4.51. The van der Waals surface area contributed by atoms with Gasteiger partial charge in [0.15, 0.2) is 0 Å². The average Bonchev–Trinajstić information content (AvgIpc) is 2.66. The molecule has 0 bridgehead atoms. The van der Waals surface area contributed by atoms with Crippen LogP contribution in [0.4, 0.5) is 4.79 Å². The van der Waals surface area contributed by atoms with Crippen LogP contribution >= 0.6 is 0 Å². The molecule has 1 unspecified atom stereocenters. The van der Waals surface area contributed by atoms with Crippen LogP contribution in [-0.2, 0) is 0 Å². The molecule has 1 heterocycles. The lowest BCUT2D eigenvalue weighted by molar-refractivity contribution is 0.172. The minimum Gasteiger partial charge on any atom is -0.335 e. The Morgan fingerprint density at radius 3 is 2.73 bits per heavy atom. The van der Waals surface area contributed by atoms with Crippen molar-refractivity contribution in [2.45, 2.75) is 44.7 Å². The van der Waals surface area contributed by atoms with Gasteiger partial charge in [-0.1, -0.05) is 0 Å². The lowest BCUT2D eigenvalue weighted by Gasteiger charge is -2.32. The largest absolute Gasteiger partial charge is 0.335 e. The van der Waals surface area contributed by atoms with Crippen LogP contribution in [0.1, 0.15) is 32.6 Å². The van der Waals surface area contributed by atoms with Gasteiger partial charge in [0.1, 0.15) is 0 Å². The molecular formula is C11H21N3O. The first-order valence-electron chi connectivity index (χ1n) is 6.09. The Bertz CT molecular complexity index is 222. The van der Waals surface area contributed by atoms with Gasteiger partial charge in [0.2, 0.25) is 0 Å². The number of rotatable bonds is 3. The van der Waals surface area contributed by atoms with Crippen LogP contribution in [0.3, 0.4) is 0 Å². The molecule has 2 aliphatic rings. The van der Waals surface area contributed by atoms with Crippen molar-refractivity contribution >= 4 is 6.03 Å². The summed E-state index contributed by atoms with van der Waals surface area (Å²) >= 11 is 0. The third kappa shape index (κ3) is 2.43. The van der Waals surface area contributed by atoms with Crippen LogP contribution < -0.4 is 10.6 Å². The summed E-state index contributed by atoms with van der Waals surface area (Å²) in [6.07, 6.45) is 4.67. The summed E-state index contributed by atoms with van der Waals surface area (Å²) in [5.74, 6) is 0.